The van der Waals surface area contributed by atoms with E-state index in [1.165, 1.54) is 0 Å². The molecule has 0 aliphatic carbocycles. The van der Waals surface area contributed by atoms with Crippen LogP contribution in [0, 0.1) is 0 Å². The predicted molar refractivity (Wildman–Crippen MR) is 81.2 cm³/mol. The summed E-state index contributed by atoms with van der Waals surface area (Å²) in [4.78, 5) is 0. The molecular formula is C17H20NO+. The van der Waals surface area contributed by atoms with Gasteiger partial charge in [-0.1, -0.05) is 63.4 Å². The molecule has 0 aliphatic heterocycles. The normalized spacial score (nSPS) is 11.9. The van der Waals surface area contributed by atoms with Crippen molar-refractivity contribution >= 4 is 22.9 Å². The zero-order valence-electron chi connectivity index (χ0n) is 11.5. The van der Waals surface area contributed by atoms with Crippen LogP contribution in [0.3, 0.4) is 0 Å². The summed E-state index contributed by atoms with van der Waals surface area (Å²) in [5.41, 5.74) is 0. The maximum atomic E-state index is 9.49. The lowest BCUT2D eigenvalue weighted by molar-refractivity contribution is -0.904. The topological polar surface area (TPSA) is 24.1 Å². The van der Waals surface area contributed by atoms with Gasteiger partial charge in [-0.2, -0.15) is 0 Å². The standard InChI is InChI=1S/C15H14NO.C2H6/c1-3-5-12-7-8-13-9-10-16(17)11-15(13)14(12)6-4-2;1-2/h3-11,17H,1-2H2;1-2H3/q+1;/b12-5-,14-6+;. The second-order valence-electron chi connectivity index (χ2n) is 3.70. The molecule has 1 aromatic carbocycles. The van der Waals surface area contributed by atoms with Crippen LogP contribution in [0.5, 0.6) is 0 Å². The van der Waals surface area contributed by atoms with Gasteiger partial charge in [0.2, 0.25) is 12.4 Å². The SMILES string of the molecule is C=C/C=c1/ccc2cc[n+](O)cc2/c1=C/C=C.CC. The van der Waals surface area contributed by atoms with Crippen molar-refractivity contribution in [2.75, 3.05) is 0 Å². The molecule has 0 radical (unpaired) electrons. The molecular weight excluding hydrogens is 234 g/mol. The third-order valence-corrected chi connectivity index (χ3v) is 2.60. The predicted octanol–water partition coefficient (Wildman–Crippen LogP) is 2.32. The lowest BCUT2D eigenvalue weighted by Gasteiger charge is -1.97. The van der Waals surface area contributed by atoms with Crippen LogP contribution >= 0.6 is 0 Å². The largest absolute Gasteiger partial charge is 0.285 e. The van der Waals surface area contributed by atoms with Gasteiger partial charge in [0.1, 0.15) is 0 Å². The van der Waals surface area contributed by atoms with E-state index < -0.39 is 0 Å². The number of benzene rings is 1. The molecule has 1 heterocycles. The first-order valence-corrected chi connectivity index (χ1v) is 6.35. The van der Waals surface area contributed by atoms with E-state index in [2.05, 4.69) is 13.2 Å². The first-order valence-electron chi connectivity index (χ1n) is 6.35. The van der Waals surface area contributed by atoms with Crippen molar-refractivity contribution in [3.8, 4) is 0 Å². The number of hydrogen-bond donors (Lipinski definition) is 1. The molecule has 2 aromatic rings. The molecule has 0 saturated carbocycles. The molecule has 98 valence electrons. The van der Waals surface area contributed by atoms with Crippen molar-refractivity contribution < 1.29 is 9.94 Å². The summed E-state index contributed by atoms with van der Waals surface area (Å²) in [6.45, 7) is 11.4. The zero-order chi connectivity index (χ0) is 14.3. The summed E-state index contributed by atoms with van der Waals surface area (Å²) in [5.74, 6) is 0. The lowest BCUT2D eigenvalue weighted by atomic mass is 10.1. The van der Waals surface area contributed by atoms with E-state index in [4.69, 9.17) is 0 Å². The van der Waals surface area contributed by atoms with Crippen molar-refractivity contribution in [3.05, 3.63) is 66.3 Å². The number of hydrogen-bond acceptors (Lipinski definition) is 1. The summed E-state index contributed by atoms with van der Waals surface area (Å²) in [5, 5.41) is 13.6. The molecule has 2 nitrogen and oxygen atoms in total. The Morgan fingerprint density at radius 3 is 2.37 bits per heavy atom. The van der Waals surface area contributed by atoms with Gasteiger partial charge in [-0.05, 0) is 15.8 Å². The van der Waals surface area contributed by atoms with Crippen molar-refractivity contribution in [3.63, 3.8) is 0 Å². The number of pyridine rings is 1. The monoisotopic (exact) mass is 254 g/mol. The van der Waals surface area contributed by atoms with Gasteiger partial charge in [-0.25, -0.2) is 0 Å². The van der Waals surface area contributed by atoms with E-state index in [-0.39, 0.29) is 0 Å². The highest BCUT2D eigenvalue weighted by Crippen LogP contribution is 2.03. The molecule has 0 bridgehead atoms. The molecule has 0 spiro atoms. The molecule has 0 atom stereocenters. The Hall–Kier alpha value is -2.35. The van der Waals surface area contributed by atoms with Gasteiger partial charge in [0.15, 0.2) is 0 Å². The maximum Gasteiger partial charge on any atom is 0.230 e. The van der Waals surface area contributed by atoms with Gasteiger partial charge in [0.25, 0.3) is 0 Å². The summed E-state index contributed by atoms with van der Waals surface area (Å²) >= 11 is 0. The molecule has 2 rings (SSSR count). The Kier molecular flexibility index (Phi) is 5.55. The Morgan fingerprint density at radius 2 is 1.74 bits per heavy atom. The first-order chi connectivity index (χ1) is 9.26. The van der Waals surface area contributed by atoms with Crippen molar-refractivity contribution in [1.29, 1.82) is 0 Å². The third-order valence-electron chi connectivity index (χ3n) is 2.60. The molecule has 19 heavy (non-hydrogen) atoms. The van der Waals surface area contributed by atoms with Gasteiger partial charge >= 0.3 is 0 Å². The maximum absolute atomic E-state index is 9.49. The average molecular weight is 254 g/mol. The number of nitrogens with zero attached hydrogens (tertiary/aromatic N) is 1. The van der Waals surface area contributed by atoms with Crippen LogP contribution in [0.1, 0.15) is 13.8 Å². The van der Waals surface area contributed by atoms with Gasteiger partial charge in [0.05, 0.1) is 5.39 Å². The third kappa shape index (κ3) is 3.32. The first kappa shape index (κ1) is 14.7. The van der Waals surface area contributed by atoms with Crippen molar-refractivity contribution in [1.82, 2.24) is 0 Å². The summed E-state index contributed by atoms with van der Waals surface area (Å²) in [6, 6.07) is 5.92. The van der Waals surface area contributed by atoms with Crippen LogP contribution in [-0.4, -0.2) is 5.21 Å². The van der Waals surface area contributed by atoms with Crippen LogP contribution in [0.2, 0.25) is 0 Å². The highest BCUT2D eigenvalue weighted by atomic mass is 16.5. The van der Waals surface area contributed by atoms with Gasteiger partial charge < -0.3 is 0 Å². The molecule has 1 N–H and O–H groups in total. The fraction of sp³-hybridized carbons (Fsp3) is 0.118. The molecule has 0 fully saturated rings. The molecule has 1 aromatic heterocycles. The molecule has 0 aliphatic rings. The highest BCUT2D eigenvalue weighted by Gasteiger charge is 2.02. The Labute approximate surface area is 113 Å². The highest BCUT2D eigenvalue weighted by molar-refractivity contribution is 5.82. The summed E-state index contributed by atoms with van der Waals surface area (Å²) in [6.07, 6.45) is 10.6. The number of fused-ring (bicyclic) bond motifs is 1. The number of rotatable bonds is 2. The van der Waals surface area contributed by atoms with E-state index in [0.717, 1.165) is 25.9 Å². The molecule has 0 unspecified atom stereocenters. The Balaban J connectivity index is 0.000000861. The Bertz CT molecular complexity index is 699. The summed E-state index contributed by atoms with van der Waals surface area (Å²) in [7, 11) is 0. The fourth-order valence-electron chi connectivity index (χ4n) is 1.87. The lowest BCUT2D eigenvalue weighted by Crippen LogP contribution is -2.32. The van der Waals surface area contributed by atoms with E-state index in [0.29, 0.717) is 0 Å². The minimum Gasteiger partial charge on any atom is -0.285 e. The quantitative estimate of drug-likeness (QED) is 0.645. The van der Waals surface area contributed by atoms with E-state index in [1.807, 2.05) is 44.2 Å². The number of allylic oxidation sites excluding steroid dienone is 2. The van der Waals surface area contributed by atoms with Gasteiger partial charge in [-0.15, -0.1) is 0 Å². The average Bonchev–Trinajstić information content (AvgIpc) is 2.44. The second kappa shape index (κ2) is 7.17. The van der Waals surface area contributed by atoms with Gasteiger partial charge in [-0.3, -0.25) is 5.21 Å². The summed E-state index contributed by atoms with van der Waals surface area (Å²) < 4.78 is 1.06. The van der Waals surface area contributed by atoms with E-state index in [1.54, 1.807) is 24.5 Å². The van der Waals surface area contributed by atoms with Crippen LogP contribution in [0.15, 0.2) is 55.9 Å². The van der Waals surface area contributed by atoms with E-state index in [9.17, 15) is 5.21 Å². The van der Waals surface area contributed by atoms with Crippen LogP contribution in [0.4, 0.5) is 0 Å². The van der Waals surface area contributed by atoms with Crippen LogP contribution in [-0.2, 0) is 0 Å². The van der Waals surface area contributed by atoms with Crippen molar-refractivity contribution in [2.24, 2.45) is 0 Å². The number of aromatic nitrogens is 1. The van der Waals surface area contributed by atoms with E-state index >= 15 is 0 Å². The molecule has 2 heteroatoms. The molecule has 0 amide bonds. The fourth-order valence-corrected chi connectivity index (χ4v) is 1.87. The smallest absolute Gasteiger partial charge is 0.230 e. The van der Waals surface area contributed by atoms with Crippen molar-refractivity contribution in [2.45, 2.75) is 13.8 Å². The van der Waals surface area contributed by atoms with Crippen LogP contribution in [0.25, 0.3) is 22.9 Å². The molecule has 0 saturated heterocycles. The van der Waals surface area contributed by atoms with Crippen LogP contribution < -0.4 is 15.2 Å². The second-order valence-corrected chi connectivity index (χ2v) is 3.70. The van der Waals surface area contributed by atoms with Gasteiger partial charge in [0, 0.05) is 10.8 Å². The Morgan fingerprint density at radius 1 is 1.05 bits per heavy atom. The zero-order valence-corrected chi connectivity index (χ0v) is 11.5. The minimum atomic E-state index is 0.977. The minimum absolute atomic E-state index is 0.977.